The molecule has 0 saturated carbocycles. The van der Waals surface area contributed by atoms with E-state index in [1.165, 1.54) is 50.4 Å². The number of hydrogen-bond donors (Lipinski definition) is 1. The lowest BCUT2D eigenvalue weighted by Crippen LogP contribution is -2.13. The molecule has 8 nitrogen and oxygen atoms in total. The first kappa shape index (κ1) is 16.9. The number of hydrogen-bond acceptors (Lipinski definition) is 6. The molecule has 0 aliphatic heterocycles. The minimum Gasteiger partial charge on any atom is -0.495 e. The molecule has 2 rings (SSSR count). The van der Waals surface area contributed by atoms with Crippen molar-refractivity contribution in [2.75, 3.05) is 12.4 Å². The van der Waals surface area contributed by atoms with Crippen molar-refractivity contribution in [1.29, 1.82) is 0 Å². The molecule has 0 saturated heterocycles. The maximum absolute atomic E-state index is 12.3. The van der Waals surface area contributed by atoms with E-state index in [1.54, 1.807) is 6.07 Å². The highest BCUT2D eigenvalue weighted by molar-refractivity contribution is 6.05. The first-order valence-electron chi connectivity index (χ1n) is 6.83. The van der Waals surface area contributed by atoms with Crippen LogP contribution >= 0.6 is 0 Å². The Hall–Kier alpha value is -3.42. The average molecular weight is 330 g/mol. The molecule has 24 heavy (non-hydrogen) atoms. The summed E-state index contributed by atoms with van der Waals surface area (Å²) in [6, 6.07) is 9.86. The van der Waals surface area contributed by atoms with Crippen LogP contribution in [0.25, 0.3) is 0 Å². The maximum atomic E-state index is 12.3. The van der Waals surface area contributed by atoms with Crippen LogP contribution in [-0.2, 0) is 4.79 Å². The Morgan fingerprint density at radius 1 is 1.17 bits per heavy atom. The Kier molecular flexibility index (Phi) is 5.10. The highest BCUT2D eigenvalue weighted by atomic mass is 16.6. The normalized spacial score (nSPS) is 9.92. The second-order valence-electron chi connectivity index (χ2n) is 4.72. The van der Waals surface area contributed by atoms with Gasteiger partial charge in [0.05, 0.1) is 17.7 Å². The van der Waals surface area contributed by atoms with Crippen molar-refractivity contribution in [3.8, 4) is 11.5 Å². The zero-order valence-corrected chi connectivity index (χ0v) is 12.9. The lowest BCUT2D eigenvalue weighted by Gasteiger charge is -2.10. The van der Waals surface area contributed by atoms with E-state index in [1.807, 2.05) is 0 Å². The molecule has 0 unspecified atom stereocenters. The van der Waals surface area contributed by atoms with Gasteiger partial charge in [-0.05, 0) is 24.3 Å². The molecule has 2 aromatic rings. The molecule has 0 aromatic heterocycles. The topological polar surface area (TPSA) is 108 Å². The van der Waals surface area contributed by atoms with Gasteiger partial charge in [0.1, 0.15) is 11.5 Å². The van der Waals surface area contributed by atoms with Gasteiger partial charge in [0, 0.05) is 24.6 Å². The molecule has 1 N–H and O–H groups in total. The summed E-state index contributed by atoms with van der Waals surface area (Å²) >= 11 is 0. The summed E-state index contributed by atoms with van der Waals surface area (Å²) < 4.78 is 10.0. The molecule has 0 radical (unpaired) electrons. The van der Waals surface area contributed by atoms with Crippen molar-refractivity contribution in [3.05, 3.63) is 58.1 Å². The highest BCUT2D eigenvalue weighted by Gasteiger charge is 2.15. The van der Waals surface area contributed by atoms with E-state index >= 15 is 0 Å². The smallest absolute Gasteiger partial charge is 0.308 e. The first-order chi connectivity index (χ1) is 11.4. The highest BCUT2D eigenvalue weighted by Crippen LogP contribution is 2.29. The maximum Gasteiger partial charge on any atom is 0.308 e. The molecule has 1 amide bonds. The molecule has 2 aromatic carbocycles. The monoisotopic (exact) mass is 330 g/mol. The number of rotatable bonds is 5. The number of anilines is 1. The van der Waals surface area contributed by atoms with Gasteiger partial charge >= 0.3 is 5.97 Å². The van der Waals surface area contributed by atoms with Gasteiger partial charge in [0.2, 0.25) is 0 Å². The predicted octanol–water partition coefficient (Wildman–Crippen LogP) is 2.78. The number of nitro benzene ring substituents is 1. The van der Waals surface area contributed by atoms with E-state index in [0.29, 0.717) is 0 Å². The van der Waals surface area contributed by atoms with Crippen molar-refractivity contribution >= 4 is 23.3 Å². The van der Waals surface area contributed by atoms with Gasteiger partial charge in [-0.25, -0.2) is 0 Å². The predicted molar refractivity (Wildman–Crippen MR) is 85.4 cm³/mol. The molecular formula is C16H14N2O6. The van der Waals surface area contributed by atoms with Gasteiger partial charge in [0.15, 0.2) is 0 Å². The number of nitrogens with one attached hydrogen (secondary N) is 1. The van der Waals surface area contributed by atoms with Crippen LogP contribution in [0.15, 0.2) is 42.5 Å². The quantitative estimate of drug-likeness (QED) is 0.391. The minimum atomic E-state index is -0.573. The van der Waals surface area contributed by atoms with Crippen LogP contribution in [0.1, 0.15) is 17.3 Å². The van der Waals surface area contributed by atoms with Crippen molar-refractivity contribution < 1.29 is 24.0 Å². The Morgan fingerprint density at radius 2 is 1.92 bits per heavy atom. The second-order valence-corrected chi connectivity index (χ2v) is 4.72. The summed E-state index contributed by atoms with van der Waals surface area (Å²) in [7, 11) is 1.39. The second kappa shape index (κ2) is 7.23. The first-order valence-corrected chi connectivity index (χ1v) is 6.83. The lowest BCUT2D eigenvalue weighted by molar-refractivity contribution is -0.384. The SMILES string of the molecule is COc1ccc([N+](=O)[O-])cc1NC(=O)c1cccc(OC(C)=O)c1. The fraction of sp³-hybridized carbons (Fsp3) is 0.125. The van der Waals surface area contributed by atoms with E-state index in [0.717, 1.165) is 0 Å². The number of benzene rings is 2. The summed E-state index contributed by atoms with van der Waals surface area (Å²) in [6.07, 6.45) is 0. The van der Waals surface area contributed by atoms with Crippen LogP contribution in [0.5, 0.6) is 11.5 Å². The van der Waals surface area contributed by atoms with Crippen LogP contribution in [-0.4, -0.2) is 23.9 Å². The number of amides is 1. The largest absolute Gasteiger partial charge is 0.495 e. The van der Waals surface area contributed by atoms with Gasteiger partial charge in [-0.2, -0.15) is 0 Å². The molecule has 0 aliphatic carbocycles. The van der Waals surface area contributed by atoms with Gasteiger partial charge in [-0.3, -0.25) is 19.7 Å². The van der Waals surface area contributed by atoms with Crippen molar-refractivity contribution in [2.45, 2.75) is 6.92 Å². The van der Waals surface area contributed by atoms with Gasteiger partial charge < -0.3 is 14.8 Å². The lowest BCUT2D eigenvalue weighted by atomic mass is 10.2. The Bertz CT molecular complexity index is 803. The van der Waals surface area contributed by atoms with Gasteiger partial charge in [0.25, 0.3) is 11.6 Å². The standard InChI is InChI=1S/C16H14N2O6/c1-10(19)24-13-5-3-4-11(8-13)16(20)17-14-9-12(18(21)22)6-7-15(14)23-2/h3-9H,1-2H3,(H,17,20). The van der Waals surface area contributed by atoms with Gasteiger partial charge in [-0.1, -0.05) is 6.07 Å². The van der Waals surface area contributed by atoms with Gasteiger partial charge in [-0.15, -0.1) is 0 Å². The number of esters is 1. The molecular weight excluding hydrogens is 316 g/mol. The van der Waals surface area contributed by atoms with Crippen molar-refractivity contribution in [1.82, 2.24) is 0 Å². The zero-order valence-electron chi connectivity index (χ0n) is 12.9. The number of non-ortho nitro benzene ring substituents is 1. The molecule has 0 fully saturated rings. The van der Waals surface area contributed by atoms with E-state index in [4.69, 9.17) is 9.47 Å². The number of carbonyl (C=O) groups excluding carboxylic acids is 2. The zero-order chi connectivity index (χ0) is 17.7. The Morgan fingerprint density at radius 3 is 2.54 bits per heavy atom. The third kappa shape index (κ3) is 4.07. The third-order valence-electron chi connectivity index (χ3n) is 3.00. The third-order valence-corrected chi connectivity index (χ3v) is 3.00. The molecule has 0 spiro atoms. The summed E-state index contributed by atoms with van der Waals surface area (Å²) in [6.45, 7) is 1.25. The molecule has 124 valence electrons. The Balaban J connectivity index is 2.27. The number of ether oxygens (including phenoxy) is 2. The number of nitro groups is 1. The summed E-state index contributed by atoms with van der Waals surface area (Å²) in [5.74, 6) is -0.526. The van der Waals surface area contributed by atoms with E-state index < -0.39 is 16.8 Å². The summed E-state index contributed by atoms with van der Waals surface area (Å²) in [5.41, 5.74) is 0.205. The fourth-order valence-electron chi connectivity index (χ4n) is 1.97. The number of methoxy groups -OCH3 is 1. The van der Waals surface area contributed by atoms with Crippen molar-refractivity contribution in [3.63, 3.8) is 0 Å². The van der Waals surface area contributed by atoms with Crippen LogP contribution in [0.4, 0.5) is 11.4 Å². The Labute approximate surface area is 137 Å². The van der Waals surface area contributed by atoms with Crippen LogP contribution in [0.2, 0.25) is 0 Å². The summed E-state index contributed by atoms with van der Waals surface area (Å²) in [5, 5.41) is 13.4. The molecule has 0 bridgehead atoms. The number of nitrogens with zero attached hydrogens (tertiary/aromatic N) is 1. The fourth-order valence-corrected chi connectivity index (χ4v) is 1.97. The van der Waals surface area contributed by atoms with E-state index in [2.05, 4.69) is 5.32 Å². The molecule has 0 heterocycles. The van der Waals surface area contributed by atoms with Crippen molar-refractivity contribution in [2.24, 2.45) is 0 Å². The van der Waals surface area contributed by atoms with Crippen LogP contribution in [0.3, 0.4) is 0 Å². The van der Waals surface area contributed by atoms with Crippen LogP contribution < -0.4 is 14.8 Å². The average Bonchev–Trinajstić information content (AvgIpc) is 2.54. The summed E-state index contributed by atoms with van der Waals surface area (Å²) in [4.78, 5) is 33.6. The van der Waals surface area contributed by atoms with Crippen LogP contribution in [0, 0.1) is 10.1 Å². The van der Waals surface area contributed by atoms with E-state index in [9.17, 15) is 19.7 Å². The van der Waals surface area contributed by atoms with E-state index in [-0.39, 0.29) is 28.4 Å². The molecule has 0 aliphatic rings. The molecule has 8 heteroatoms. The minimum absolute atomic E-state index is 0.162. The number of carbonyl (C=O) groups is 2. The molecule has 0 atom stereocenters.